The van der Waals surface area contributed by atoms with Crippen molar-refractivity contribution in [2.24, 2.45) is 5.73 Å². The van der Waals surface area contributed by atoms with Gasteiger partial charge in [-0.1, -0.05) is 0 Å². The fourth-order valence-corrected chi connectivity index (χ4v) is 1.98. The van der Waals surface area contributed by atoms with E-state index in [0.29, 0.717) is 17.9 Å². The Morgan fingerprint density at radius 2 is 1.89 bits per heavy atom. The number of hydrogen-bond acceptors (Lipinski definition) is 7. The van der Waals surface area contributed by atoms with Crippen LogP contribution in [0.2, 0.25) is 0 Å². The average Bonchev–Trinajstić information content (AvgIpc) is 2.37. The van der Waals surface area contributed by atoms with Gasteiger partial charge in [-0.05, 0) is 31.0 Å². The second-order valence-electron chi connectivity index (χ2n) is 3.92. The van der Waals surface area contributed by atoms with E-state index in [2.05, 4.69) is 4.67 Å². The molecule has 0 radical (unpaired) electrons. The minimum Gasteiger partial charge on any atom is -0.493 e. The molecule has 0 spiro atoms. The zero-order chi connectivity index (χ0) is 14.4. The van der Waals surface area contributed by atoms with Gasteiger partial charge in [0.2, 0.25) is 5.75 Å². The Kier molecular flexibility index (Phi) is 6.27. The molecule has 4 N–H and O–H groups in total. The van der Waals surface area contributed by atoms with Crippen LogP contribution in [0.3, 0.4) is 0 Å². The molecule has 0 amide bonds. The molecule has 0 bridgehead atoms. The summed E-state index contributed by atoms with van der Waals surface area (Å²) < 4.78 is 19.1. The molecule has 2 unspecified atom stereocenters. The molecule has 0 saturated heterocycles. The SMILES string of the molecule is COc1cc(CC(C)N)cc(OP(O)OO)c1OC. The molecular weight excluding hydrogens is 273 g/mol. The van der Waals surface area contributed by atoms with Gasteiger partial charge >= 0.3 is 8.60 Å². The van der Waals surface area contributed by atoms with Crippen LogP contribution in [0, 0.1) is 0 Å². The molecule has 1 aromatic rings. The topological polar surface area (TPSA) is 103 Å². The third-order valence-electron chi connectivity index (χ3n) is 2.31. The van der Waals surface area contributed by atoms with Crippen LogP contribution in [0.15, 0.2) is 12.1 Å². The highest BCUT2D eigenvalue weighted by Crippen LogP contribution is 2.44. The lowest BCUT2D eigenvalue weighted by Crippen LogP contribution is -2.17. The Balaban J connectivity index is 3.15. The van der Waals surface area contributed by atoms with Gasteiger partial charge in [-0.25, -0.2) is 5.26 Å². The smallest absolute Gasteiger partial charge is 0.424 e. The number of nitrogens with two attached hydrogens (primary N) is 1. The van der Waals surface area contributed by atoms with Crippen molar-refractivity contribution >= 4 is 8.60 Å². The van der Waals surface area contributed by atoms with E-state index in [1.165, 1.54) is 14.2 Å². The van der Waals surface area contributed by atoms with Crippen LogP contribution in [0.1, 0.15) is 12.5 Å². The third-order valence-corrected chi connectivity index (χ3v) is 2.80. The van der Waals surface area contributed by atoms with Crippen LogP contribution in [-0.2, 0) is 11.1 Å². The number of hydrogen-bond donors (Lipinski definition) is 3. The van der Waals surface area contributed by atoms with E-state index in [1.54, 1.807) is 12.1 Å². The van der Waals surface area contributed by atoms with Gasteiger partial charge in [0, 0.05) is 6.04 Å². The highest BCUT2D eigenvalue weighted by atomic mass is 31.2. The van der Waals surface area contributed by atoms with Gasteiger partial charge in [0.1, 0.15) is 0 Å². The molecule has 0 heterocycles. The first kappa shape index (κ1) is 15.9. The van der Waals surface area contributed by atoms with Gasteiger partial charge in [-0.3, -0.25) is 0 Å². The summed E-state index contributed by atoms with van der Waals surface area (Å²) in [6.45, 7) is 1.87. The molecule has 8 heteroatoms. The molecule has 0 fully saturated rings. The Labute approximate surface area is 112 Å². The summed E-state index contributed by atoms with van der Waals surface area (Å²) in [7, 11) is 0.490. The molecule has 7 nitrogen and oxygen atoms in total. The molecule has 0 aliphatic rings. The van der Waals surface area contributed by atoms with E-state index >= 15 is 0 Å². The third kappa shape index (κ3) is 4.49. The molecular formula is C11H18NO6P. The van der Waals surface area contributed by atoms with Crippen molar-refractivity contribution in [2.45, 2.75) is 19.4 Å². The Morgan fingerprint density at radius 3 is 2.37 bits per heavy atom. The van der Waals surface area contributed by atoms with E-state index in [9.17, 15) is 4.89 Å². The summed E-state index contributed by atoms with van der Waals surface area (Å²) in [5.74, 6) is 0.951. The molecule has 19 heavy (non-hydrogen) atoms. The van der Waals surface area contributed by atoms with E-state index in [4.69, 9.17) is 25.0 Å². The summed E-state index contributed by atoms with van der Waals surface area (Å²) in [5.41, 5.74) is 6.59. The molecule has 1 rings (SSSR count). The van der Waals surface area contributed by atoms with Crippen molar-refractivity contribution in [3.8, 4) is 17.2 Å². The molecule has 108 valence electrons. The fourth-order valence-electron chi connectivity index (χ4n) is 1.64. The number of benzene rings is 1. The van der Waals surface area contributed by atoms with Gasteiger partial charge < -0.3 is 24.6 Å². The van der Waals surface area contributed by atoms with Gasteiger partial charge in [0.25, 0.3) is 0 Å². The predicted octanol–water partition coefficient (Wildman–Crippen LogP) is 1.68. The lowest BCUT2D eigenvalue weighted by atomic mass is 10.1. The first-order valence-corrected chi connectivity index (χ1v) is 6.63. The highest BCUT2D eigenvalue weighted by Gasteiger charge is 2.18. The van der Waals surface area contributed by atoms with Crippen LogP contribution >= 0.6 is 8.60 Å². The van der Waals surface area contributed by atoms with Crippen molar-refractivity contribution in [1.82, 2.24) is 0 Å². The largest absolute Gasteiger partial charge is 0.493 e. The normalized spacial score (nSPS) is 13.8. The van der Waals surface area contributed by atoms with Crippen molar-refractivity contribution in [2.75, 3.05) is 14.2 Å². The summed E-state index contributed by atoms with van der Waals surface area (Å²) in [6.07, 6.45) is 0.597. The molecule has 0 saturated carbocycles. The zero-order valence-electron chi connectivity index (χ0n) is 11.0. The maximum Gasteiger partial charge on any atom is 0.424 e. The van der Waals surface area contributed by atoms with Crippen molar-refractivity contribution in [1.29, 1.82) is 0 Å². The summed E-state index contributed by atoms with van der Waals surface area (Å²) >= 11 is 0. The number of rotatable bonds is 7. The van der Waals surface area contributed by atoms with Crippen LogP contribution in [0.4, 0.5) is 0 Å². The molecule has 0 aromatic heterocycles. The highest BCUT2D eigenvalue weighted by molar-refractivity contribution is 7.40. The molecule has 0 aliphatic heterocycles. The van der Waals surface area contributed by atoms with Crippen molar-refractivity contribution in [3.05, 3.63) is 17.7 Å². The molecule has 0 aliphatic carbocycles. The standard InChI is InChI=1S/C11H18NO6P/c1-7(12)4-8-5-9(15-2)11(16-3)10(6-8)17-19(14)18-13/h5-7,13-14H,4,12H2,1-3H3. The van der Waals surface area contributed by atoms with Crippen LogP contribution in [0.25, 0.3) is 0 Å². The Morgan fingerprint density at radius 1 is 1.26 bits per heavy atom. The van der Waals surface area contributed by atoms with E-state index < -0.39 is 8.60 Å². The summed E-state index contributed by atoms with van der Waals surface area (Å²) in [5, 5.41) is 8.36. The number of methoxy groups -OCH3 is 2. The summed E-state index contributed by atoms with van der Waals surface area (Å²) in [6, 6.07) is 3.37. The van der Waals surface area contributed by atoms with Gasteiger partial charge in [-0.15, -0.1) is 4.67 Å². The fraction of sp³-hybridized carbons (Fsp3) is 0.455. The molecule has 2 atom stereocenters. The second-order valence-corrected chi connectivity index (χ2v) is 4.74. The predicted molar refractivity (Wildman–Crippen MR) is 70.4 cm³/mol. The molecule has 1 aromatic carbocycles. The zero-order valence-corrected chi connectivity index (χ0v) is 11.9. The maximum absolute atomic E-state index is 9.22. The van der Waals surface area contributed by atoms with Gasteiger partial charge in [0.15, 0.2) is 11.5 Å². The minimum absolute atomic E-state index is 0.0457. The van der Waals surface area contributed by atoms with Crippen molar-refractivity contribution < 1.29 is 28.8 Å². The van der Waals surface area contributed by atoms with Crippen LogP contribution in [0.5, 0.6) is 17.2 Å². The van der Waals surface area contributed by atoms with E-state index in [1.807, 2.05) is 6.92 Å². The first-order chi connectivity index (χ1) is 9.01. The maximum atomic E-state index is 9.22. The summed E-state index contributed by atoms with van der Waals surface area (Å²) in [4.78, 5) is 9.22. The Bertz CT molecular complexity index is 414. The van der Waals surface area contributed by atoms with Gasteiger partial charge in [-0.2, -0.15) is 0 Å². The van der Waals surface area contributed by atoms with Crippen LogP contribution in [-0.4, -0.2) is 30.4 Å². The van der Waals surface area contributed by atoms with E-state index in [-0.39, 0.29) is 11.8 Å². The monoisotopic (exact) mass is 291 g/mol. The van der Waals surface area contributed by atoms with Crippen LogP contribution < -0.4 is 19.7 Å². The Hall–Kier alpha value is -1.11. The number of ether oxygens (including phenoxy) is 2. The second kappa shape index (κ2) is 7.47. The van der Waals surface area contributed by atoms with E-state index in [0.717, 1.165) is 5.56 Å². The quantitative estimate of drug-likeness (QED) is 0.399. The van der Waals surface area contributed by atoms with Crippen molar-refractivity contribution in [3.63, 3.8) is 0 Å². The first-order valence-electron chi connectivity index (χ1n) is 5.50. The minimum atomic E-state index is -2.44. The lowest BCUT2D eigenvalue weighted by molar-refractivity contribution is -0.144. The average molecular weight is 291 g/mol. The van der Waals surface area contributed by atoms with Gasteiger partial charge in [0.05, 0.1) is 14.2 Å². The lowest BCUT2D eigenvalue weighted by Gasteiger charge is -2.16.